The van der Waals surface area contributed by atoms with E-state index in [-0.39, 0.29) is 12.0 Å². The van der Waals surface area contributed by atoms with Gasteiger partial charge < -0.3 is 14.4 Å². The molecule has 1 atom stereocenters. The van der Waals surface area contributed by atoms with Gasteiger partial charge in [-0.05, 0) is 44.5 Å². The van der Waals surface area contributed by atoms with Gasteiger partial charge in [-0.2, -0.15) is 0 Å². The van der Waals surface area contributed by atoms with E-state index in [1.54, 1.807) is 17.5 Å². The monoisotopic (exact) mass is 427 g/mol. The van der Waals surface area contributed by atoms with Crippen LogP contribution in [0, 0.1) is 0 Å². The van der Waals surface area contributed by atoms with E-state index < -0.39 is 5.97 Å². The molecule has 0 aliphatic carbocycles. The third kappa shape index (κ3) is 4.11. The largest absolute Gasteiger partial charge is 0.478 e. The van der Waals surface area contributed by atoms with Crippen LogP contribution in [0.3, 0.4) is 0 Å². The molecule has 0 bridgehead atoms. The van der Waals surface area contributed by atoms with Crippen molar-refractivity contribution in [3.63, 3.8) is 0 Å². The number of thiazole rings is 1. The Morgan fingerprint density at radius 1 is 1.37 bits per heavy atom. The number of carbonyl (C=O) groups excluding carboxylic acids is 1. The molecule has 0 amide bonds. The number of nitrogens with zero attached hydrogens (tertiary/aromatic N) is 3. The quantitative estimate of drug-likeness (QED) is 0.574. The number of ether oxygens (including phenoxy) is 1. The molecule has 2 aromatic heterocycles. The summed E-state index contributed by atoms with van der Waals surface area (Å²) in [6.07, 6.45) is 3.81. The number of fused-ring (bicyclic) bond motifs is 1. The molecule has 1 saturated heterocycles. The van der Waals surface area contributed by atoms with Gasteiger partial charge in [0.15, 0.2) is 0 Å². The van der Waals surface area contributed by atoms with Crippen LogP contribution in [0.4, 0.5) is 0 Å². The highest BCUT2D eigenvalue weighted by Gasteiger charge is 2.26. The first-order valence-electron chi connectivity index (χ1n) is 10.1. The fourth-order valence-electron chi connectivity index (χ4n) is 4.09. The molecule has 1 aliphatic rings. The van der Waals surface area contributed by atoms with Crippen molar-refractivity contribution in [2.75, 3.05) is 13.2 Å². The molecule has 30 heavy (non-hydrogen) atoms. The second kappa shape index (κ2) is 8.57. The fraction of sp³-hybridized carbons (Fsp3) is 0.409. The summed E-state index contributed by atoms with van der Waals surface area (Å²) in [5.74, 6) is -1.16. The summed E-state index contributed by atoms with van der Waals surface area (Å²) in [4.78, 5) is 29.9. The van der Waals surface area contributed by atoms with Crippen LogP contribution in [-0.2, 0) is 22.6 Å². The average molecular weight is 428 g/mol. The van der Waals surface area contributed by atoms with E-state index in [2.05, 4.69) is 10.3 Å². The molecule has 1 fully saturated rings. The summed E-state index contributed by atoms with van der Waals surface area (Å²) >= 11 is 1.56. The van der Waals surface area contributed by atoms with Gasteiger partial charge in [-0.25, -0.2) is 9.78 Å². The highest BCUT2D eigenvalue weighted by Crippen LogP contribution is 2.31. The summed E-state index contributed by atoms with van der Waals surface area (Å²) in [6, 6.07) is 6.13. The Labute approximate surface area is 178 Å². The lowest BCUT2D eigenvalue weighted by Gasteiger charge is -2.22. The molecular weight excluding hydrogens is 402 g/mol. The molecular formula is C22H25N3O4S. The summed E-state index contributed by atoms with van der Waals surface area (Å²) in [5, 5.41) is 13.2. The molecule has 4 rings (SSSR count). The van der Waals surface area contributed by atoms with Gasteiger partial charge >= 0.3 is 11.9 Å². The minimum absolute atomic E-state index is 0.238. The van der Waals surface area contributed by atoms with Crippen molar-refractivity contribution >= 4 is 34.2 Å². The molecule has 0 saturated carbocycles. The van der Waals surface area contributed by atoms with E-state index in [0.29, 0.717) is 12.2 Å². The number of carboxylic acid groups (broad SMARTS) is 1. The predicted molar refractivity (Wildman–Crippen MR) is 116 cm³/mol. The molecule has 8 heteroatoms. The summed E-state index contributed by atoms with van der Waals surface area (Å²) < 4.78 is 7.15. The highest BCUT2D eigenvalue weighted by atomic mass is 32.1. The van der Waals surface area contributed by atoms with E-state index in [0.717, 1.165) is 59.6 Å². The van der Waals surface area contributed by atoms with E-state index in [9.17, 15) is 14.7 Å². The van der Waals surface area contributed by atoms with Crippen molar-refractivity contribution in [1.29, 1.82) is 0 Å². The Morgan fingerprint density at radius 2 is 2.20 bits per heavy atom. The van der Waals surface area contributed by atoms with Gasteiger partial charge in [-0.15, -0.1) is 11.3 Å². The lowest BCUT2D eigenvalue weighted by atomic mass is 10.1. The van der Waals surface area contributed by atoms with Gasteiger partial charge in [-0.1, -0.05) is 0 Å². The molecule has 3 heterocycles. The van der Waals surface area contributed by atoms with Crippen molar-refractivity contribution in [2.45, 2.75) is 45.8 Å². The summed E-state index contributed by atoms with van der Waals surface area (Å²) in [7, 11) is 0. The molecule has 158 valence electrons. The van der Waals surface area contributed by atoms with E-state index in [1.807, 2.05) is 29.7 Å². The van der Waals surface area contributed by atoms with Crippen LogP contribution < -0.4 is 0 Å². The number of likely N-dealkylation sites (tertiary alicyclic amines) is 1. The number of aromatic carboxylic acids is 1. The Hall–Kier alpha value is -2.71. The zero-order valence-electron chi connectivity index (χ0n) is 17.1. The van der Waals surface area contributed by atoms with Crippen LogP contribution >= 0.6 is 11.3 Å². The second-order valence-corrected chi connectivity index (χ2v) is 8.44. The molecule has 3 aromatic rings. The molecule has 0 radical (unpaired) electrons. The van der Waals surface area contributed by atoms with Crippen LogP contribution in [-0.4, -0.2) is 50.7 Å². The smallest absolute Gasteiger partial charge is 0.337 e. The van der Waals surface area contributed by atoms with E-state index >= 15 is 0 Å². The third-order valence-electron chi connectivity index (χ3n) is 5.59. The van der Waals surface area contributed by atoms with Gasteiger partial charge in [0.05, 0.1) is 11.3 Å². The first-order valence-corrected chi connectivity index (χ1v) is 11.0. The first-order chi connectivity index (χ1) is 14.5. The minimum atomic E-state index is -0.919. The van der Waals surface area contributed by atoms with Crippen LogP contribution in [0.1, 0.15) is 42.7 Å². The molecule has 0 spiro atoms. The summed E-state index contributed by atoms with van der Waals surface area (Å²) in [6.45, 7) is 6.27. The Bertz CT molecular complexity index is 1090. The lowest BCUT2D eigenvalue weighted by molar-refractivity contribution is -0.142. The first kappa shape index (κ1) is 20.6. The molecule has 1 aliphatic heterocycles. The zero-order valence-corrected chi connectivity index (χ0v) is 17.9. The molecule has 1 aromatic carbocycles. The number of benzene rings is 1. The predicted octanol–water partition coefficient (Wildman–Crippen LogP) is 4.01. The standard InChI is InChI=1S/C22H25N3O4S/c1-3-24-11-19(22(27)28)18-9-15(6-7-20(18)24)21-23-16(13-30-21)10-25-8-4-5-17(25)12-29-14(2)26/h6-7,9,11,13,17H,3-5,8,10,12H2,1-2H3,(H,27,28)/t17-/m0/s1. The SMILES string of the molecule is CCn1cc(C(=O)O)c2cc(-c3nc(CN4CCC[C@H]4COC(C)=O)cs3)ccc21. The lowest BCUT2D eigenvalue weighted by Crippen LogP contribution is -2.33. The van der Waals surface area contributed by atoms with Gasteiger partial charge in [0, 0.05) is 54.1 Å². The van der Waals surface area contributed by atoms with Gasteiger partial charge in [-0.3, -0.25) is 9.69 Å². The molecule has 1 N–H and O–H groups in total. The van der Waals surface area contributed by atoms with Crippen molar-refractivity contribution in [2.24, 2.45) is 0 Å². The van der Waals surface area contributed by atoms with Crippen molar-refractivity contribution in [3.05, 3.63) is 41.0 Å². The van der Waals surface area contributed by atoms with Crippen molar-refractivity contribution < 1.29 is 19.4 Å². The maximum Gasteiger partial charge on any atom is 0.337 e. The number of esters is 1. The van der Waals surface area contributed by atoms with Crippen LogP contribution in [0.2, 0.25) is 0 Å². The number of hydrogen-bond donors (Lipinski definition) is 1. The second-order valence-electron chi connectivity index (χ2n) is 7.58. The minimum Gasteiger partial charge on any atom is -0.478 e. The van der Waals surface area contributed by atoms with Crippen LogP contribution in [0.15, 0.2) is 29.8 Å². The maximum atomic E-state index is 11.7. The number of carboxylic acids is 1. The fourth-order valence-corrected chi connectivity index (χ4v) is 4.90. The van der Waals surface area contributed by atoms with Crippen LogP contribution in [0.25, 0.3) is 21.5 Å². The maximum absolute atomic E-state index is 11.7. The number of aromatic nitrogens is 2. The van der Waals surface area contributed by atoms with Crippen molar-refractivity contribution in [1.82, 2.24) is 14.5 Å². The Kier molecular flexibility index (Phi) is 5.87. The van der Waals surface area contributed by atoms with Gasteiger partial charge in [0.25, 0.3) is 0 Å². The molecule has 0 unspecified atom stereocenters. The average Bonchev–Trinajstić information content (AvgIpc) is 3.44. The zero-order chi connectivity index (χ0) is 21.3. The topological polar surface area (TPSA) is 84.7 Å². The number of rotatable bonds is 7. The number of aryl methyl sites for hydroxylation is 1. The Balaban J connectivity index is 1.55. The summed E-state index contributed by atoms with van der Waals surface area (Å²) in [5.41, 5.74) is 3.14. The number of carbonyl (C=O) groups is 2. The third-order valence-corrected chi connectivity index (χ3v) is 6.53. The van der Waals surface area contributed by atoms with Gasteiger partial charge in [0.1, 0.15) is 11.6 Å². The van der Waals surface area contributed by atoms with E-state index in [4.69, 9.17) is 9.72 Å². The van der Waals surface area contributed by atoms with Gasteiger partial charge in [0.2, 0.25) is 0 Å². The van der Waals surface area contributed by atoms with E-state index in [1.165, 1.54) is 6.92 Å². The van der Waals surface area contributed by atoms with Crippen LogP contribution in [0.5, 0.6) is 0 Å². The van der Waals surface area contributed by atoms with Crippen molar-refractivity contribution in [3.8, 4) is 10.6 Å². The highest BCUT2D eigenvalue weighted by molar-refractivity contribution is 7.13. The Morgan fingerprint density at radius 3 is 2.93 bits per heavy atom. The normalized spacial score (nSPS) is 16.9. The molecule has 7 nitrogen and oxygen atoms in total. The number of hydrogen-bond acceptors (Lipinski definition) is 6.